The molecule has 7 nitrogen and oxygen atoms in total. The number of halogens is 2. The van der Waals surface area contributed by atoms with Crippen molar-refractivity contribution >= 4 is 23.2 Å². The summed E-state index contributed by atoms with van der Waals surface area (Å²) >= 11 is 13.6. The minimum absolute atomic E-state index is 0.127. The molecule has 3 aromatic rings. The summed E-state index contributed by atoms with van der Waals surface area (Å²) < 4.78 is 11.2. The molecule has 194 valence electrons. The number of aliphatic hydroxyl groups excluding tert-OH is 1. The van der Waals surface area contributed by atoms with E-state index in [2.05, 4.69) is 17.4 Å². The molecule has 2 heterocycles. The molecule has 0 aliphatic heterocycles. The van der Waals surface area contributed by atoms with Gasteiger partial charge in [-0.05, 0) is 63.8 Å². The Labute approximate surface area is 222 Å². The van der Waals surface area contributed by atoms with Crippen LogP contribution < -0.4 is 10.1 Å². The number of hydrogen-bond donors (Lipinski definition) is 2. The number of aryl methyl sites for hydroxylation is 2. The molecule has 1 aromatic carbocycles. The molecule has 1 aliphatic carbocycles. The molecule has 9 heteroatoms. The maximum atomic E-state index is 10.0. The van der Waals surface area contributed by atoms with Gasteiger partial charge in [-0.1, -0.05) is 54.5 Å². The van der Waals surface area contributed by atoms with Gasteiger partial charge in [-0.3, -0.25) is 0 Å². The zero-order chi connectivity index (χ0) is 25.9. The SMILES string of the molecule is CNCC(O)COc1ccc(Cl)c(-c2nc(CC3(C)CCCCC3)c(Cl)c(-c3c(C)noc3C)n2)c1. The Morgan fingerprint density at radius 1 is 1.17 bits per heavy atom. The lowest BCUT2D eigenvalue weighted by Crippen LogP contribution is -2.29. The summed E-state index contributed by atoms with van der Waals surface area (Å²) in [6, 6.07) is 5.33. The van der Waals surface area contributed by atoms with Gasteiger partial charge in [0, 0.05) is 12.1 Å². The lowest BCUT2D eigenvalue weighted by Gasteiger charge is -2.33. The standard InChI is InChI=1S/C27H34Cl2N4O3/c1-16-23(17(2)36-33-16)25-24(29)22(13-27(3)10-6-5-7-11-27)31-26(32-25)20-12-19(8-9-21(20)28)35-15-18(34)14-30-4/h8-9,12,18,30,34H,5-7,10-11,13-15H2,1-4H3. The van der Waals surface area contributed by atoms with E-state index in [1.807, 2.05) is 13.8 Å². The largest absolute Gasteiger partial charge is 0.491 e. The summed E-state index contributed by atoms with van der Waals surface area (Å²) in [4.78, 5) is 9.81. The highest BCUT2D eigenvalue weighted by Crippen LogP contribution is 2.42. The highest BCUT2D eigenvalue weighted by molar-refractivity contribution is 6.34. The van der Waals surface area contributed by atoms with E-state index in [1.165, 1.54) is 19.3 Å². The third-order valence-corrected chi connectivity index (χ3v) is 7.63. The molecule has 2 N–H and O–H groups in total. The maximum absolute atomic E-state index is 10.0. The number of nitrogens with zero attached hydrogens (tertiary/aromatic N) is 3. The smallest absolute Gasteiger partial charge is 0.161 e. The number of benzene rings is 1. The average molecular weight is 534 g/mol. The third-order valence-electron chi connectivity index (χ3n) is 6.91. The number of ether oxygens (including phenoxy) is 1. The molecule has 0 amide bonds. The van der Waals surface area contributed by atoms with Gasteiger partial charge in [-0.2, -0.15) is 0 Å². The quantitative estimate of drug-likeness (QED) is 0.339. The second-order valence-corrected chi connectivity index (χ2v) is 10.9. The number of hydrogen-bond acceptors (Lipinski definition) is 7. The summed E-state index contributed by atoms with van der Waals surface area (Å²) in [6.07, 6.45) is 6.11. The first-order valence-corrected chi connectivity index (χ1v) is 13.2. The topological polar surface area (TPSA) is 93.3 Å². The van der Waals surface area contributed by atoms with Gasteiger partial charge in [0.1, 0.15) is 24.2 Å². The van der Waals surface area contributed by atoms with Crippen molar-refractivity contribution in [3.8, 4) is 28.4 Å². The Hall–Kier alpha value is -2.19. The van der Waals surface area contributed by atoms with Crippen molar-refractivity contribution in [3.05, 3.63) is 45.4 Å². The normalized spacial score (nSPS) is 16.2. The van der Waals surface area contributed by atoms with Crippen LogP contribution in [0.25, 0.3) is 22.6 Å². The maximum Gasteiger partial charge on any atom is 0.161 e. The molecular formula is C27H34Cl2N4O3. The molecule has 1 fully saturated rings. The monoisotopic (exact) mass is 532 g/mol. The van der Waals surface area contributed by atoms with Crippen molar-refractivity contribution in [1.82, 2.24) is 20.4 Å². The summed E-state index contributed by atoms with van der Waals surface area (Å²) in [7, 11) is 1.78. The van der Waals surface area contributed by atoms with Crippen molar-refractivity contribution in [2.24, 2.45) is 5.41 Å². The van der Waals surface area contributed by atoms with Crippen LogP contribution in [0.1, 0.15) is 56.2 Å². The van der Waals surface area contributed by atoms with Crippen molar-refractivity contribution in [1.29, 1.82) is 0 Å². The predicted molar refractivity (Wildman–Crippen MR) is 143 cm³/mol. The van der Waals surface area contributed by atoms with Gasteiger partial charge in [-0.15, -0.1) is 0 Å². The molecule has 1 unspecified atom stereocenters. The fraction of sp³-hybridized carbons (Fsp3) is 0.519. The van der Waals surface area contributed by atoms with E-state index >= 15 is 0 Å². The van der Waals surface area contributed by atoms with Crippen molar-refractivity contribution in [3.63, 3.8) is 0 Å². The van der Waals surface area contributed by atoms with Gasteiger partial charge in [0.05, 0.1) is 32.7 Å². The Morgan fingerprint density at radius 3 is 2.58 bits per heavy atom. The first-order valence-electron chi connectivity index (χ1n) is 12.5. The van der Waals surface area contributed by atoms with Crippen LogP contribution in [-0.2, 0) is 6.42 Å². The molecule has 4 rings (SSSR count). The van der Waals surface area contributed by atoms with Crippen LogP contribution in [0.4, 0.5) is 0 Å². The van der Waals surface area contributed by atoms with Crippen molar-refractivity contribution in [2.45, 2.75) is 65.4 Å². The Morgan fingerprint density at radius 2 is 1.92 bits per heavy atom. The molecule has 0 saturated heterocycles. The molecule has 2 aromatic heterocycles. The summed E-state index contributed by atoms with van der Waals surface area (Å²) in [5.74, 6) is 1.69. The number of aliphatic hydroxyl groups is 1. The van der Waals surface area contributed by atoms with E-state index in [9.17, 15) is 5.11 Å². The van der Waals surface area contributed by atoms with E-state index in [1.54, 1.807) is 25.2 Å². The lowest BCUT2D eigenvalue weighted by molar-refractivity contribution is 0.108. The highest BCUT2D eigenvalue weighted by atomic mass is 35.5. The highest BCUT2D eigenvalue weighted by Gasteiger charge is 2.31. The number of nitrogens with one attached hydrogen (secondary N) is 1. The van der Waals surface area contributed by atoms with Crippen LogP contribution >= 0.6 is 23.2 Å². The molecule has 1 saturated carbocycles. The Balaban J connectivity index is 1.79. The Kier molecular flexibility index (Phi) is 8.56. The van der Waals surface area contributed by atoms with Crippen molar-refractivity contribution in [2.75, 3.05) is 20.2 Å². The second-order valence-electron chi connectivity index (χ2n) is 10.1. The molecular weight excluding hydrogens is 499 g/mol. The first kappa shape index (κ1) is 26.9. The summed E-state index contributed by atoms with van der Waals surface area (Å²) in [5.41, 5.74) is 3.65. The van der Waals surface area contributed by atoms with E-state index in [4.69, 9.17) is 42.4 Å². The fourth-order valence-corrected chi connectivity index (χ4v) is 5.40. The van der Waals surface area contributed by atoms with Crippen LogP contribution in [0.3, 0.4) is 0 Å². The molecule has 0 radical (unpaired) electrons. The molecule has 1 atom stereocenters. The van der Waals surface area contributed by atoms with Gasteiger partial charge in [0.2, 0.25) is 0 Å². The average Bonchev–Trinajstić information content (AvgIpc) is 3.18. The van der Waals surface area contributed by atoms with Gasteiger partial charge in [-0.25, -0.2) is 9.97 Å². The van der Waals surface area contributed by atoms with E-state index in [0.717, 1.165) is 36.2 Å². The van der Waals surface area contributed by atoms with Crippen LogP contribution in [0.2, 0.25) is 10.0 Å². The third kappa shape index (κ3) is 6.02. The fourth-order valence-electron chi connectivity index (χ4n) is 4.96. The first-order chi connectivity index (χ1) is 17.2. The van der Waals surface area contributed by atoms with Crippen molar-refractivity contribution < 1.29 is 14.4 Å². The van der Waals surface area contributed by atoms with E-state index in [-0.39, 0.29) is 12.0 Å². The Bertz CT molecular complexity index is 1190. The van der Waals surface area contributed by atoms with Crippen LogP contribution in [-0.4, -0.2) is 46.5 Å². The van der Waals surface area contributed by atoms with Crippen LogP contribution in [0.15, 0.2) is 22.7 Å². The second kappa shape index (κ2) is 11.5. The predicted octanol–water partition coefficient (Wildman–Crippen LogP) is 6.19. The summed E-state index contributed by atoms with van der Waals surface area (Å²) in [6.45, 7) is 6.64. The molecule has 36 heavy (non-hydrogen) atoms. The van der Waals surface area contributed by atoms with Gasteiger partial charge < -0.3 is 19.7 Å². The minimum Gasteiger partial charge on any atom is -0.491 e. The van der Waals surface area contributed by atoms with Gasteiger partial charge in [0.15, 0.2) is 5.82 Å². The van der Waals surface area contributed by atoms with Crippen LogP contribution in [0.5, 0.6) is 5.75 Å². The van der Waals surface area contributed by atoms with Gasteiger partial charge >= 0.3 is 0 Å². The minimum atomic E-state index is -0.630. The number of aromatic nitrogens is 3. The lowest BCUT2D eigenvalue weighted by atomic mass is 9.72. The molecule has 1 aliphatic rings. The van der Waals surface area contributed by atoms with Gasteiger partial charge in [0.25, 0.3) is 0 Å². The summed E-state index contributed by atoms with van der Waals surface area (Å²) in [5, 5.41) is 18.1. The number of rotatable bonds is 9. The zero-order valence-corrected chi connectivity index (χ0v) is 22.8. The van der Waals surface area contributed by atoms with E-state index in [0.29, 0.717) is 45.2 Å². The number of likely N-dealkylation sites (N-methyl/N-ethyl adjacent to an activating group) is 1. The zero-order valence-electron chi connectivity index (χ0n) is 21.3. The van der Waals surface area contributed by atoms with E-state index < -0.39 is 6.10 Å². The molecule has 0 spiro atoms. The molecule has 0 bridgehead atoms. The van der Waals surface area contributed by atoms with Crippen LogP contribution in [0, 0.1) is 19.3 Å².